The third-order valence-electron chi connectivity index (χ3n) is 6.57. The maximum Gasteiger partial charge on any atom is 0.301 e. The Hall–Kier alpha value is -2.16. The lowest BCUT2D eigenvalue weighted by Crippen LogP contribution is -2.35. The zero-order chi connectivity index (χ0) is 27.9. The average molecular weight is 594 g/mol. The molecule has 0 unspecified atom stereocenters. The monoisotopic (exact) mass is 593 g/mol. The number of halogens is 1. The first-order valence-corrected chi connectivity index (χ1v) is 18.9. The second-order valence-corrected chi connectivity index (χ2v) is 19.4. The molecule has 2 fully saturated rings. The molecular weight excluding hydrogens is 558 g/mol. The van der Waals surface area contributed by atoms with Gasteiger partial charge >= 0.3 is 6.01 Å². The average Bonchev–Trinajstić information content (AvgIpc) is 3.51. The maximum atomic E-state index is 10.1. The second-order valence-electron chi connectivity index (χ2n) is 11.3. The molecule has 2 aromatic heterocycles. The number of anilines is 1. The number of aromatic nitrogens is 3. The van der Waals surface area contributed by atoms with Gasteiger partial charge in [0.25, 0.3) is 0 Å². The minimum absolute atomic E-state index is 0.215. The molecule has 4 atom stereocenters. The molecule has 2 aliphatic heterocycles. The van der Waals surface area contributed by atoms with Crippen LogP contribution >= 0.6 is 21.2 Å². The third-order valence-corrected chi connectivity index (χ3v) is 9.21. The van der Waals surface area contributed by atoms with Crippen molar-refractivity contribution in [2.45, 2.75) is 56.8 Å². The van der Waals surface area contributed by atoms with Crippen LogP contribution in [0.2, 0.25) is 30.7 Å². The number of imidazole rings is 1. The molecule has 5 rings (SSSR count). The van der Waals surface area contributed by atoms with Gasteiger partial charge in [0, 0.05) is 25.9 Å². The Balaban J connectivity index is 1.46. The van der Waals surface area contributed by atoms with Crippen LogP contribution in [0.4, 0.5) is 5.69 Å². The second kappa shape index (κ2) is 11.0. The highest BCUT2D eigenvalue weighted by atomic mass is 35.5. The minimum Gasteiger partial charge on any atom is -0.456 e. The van der Waals surface area contributed by atoms with Crippen molar-refractivity contribution in [1.29, 1.82) is 0 Å². The van der Waals surface area contributed by atoms with E-state index in [4.69, 9.17) is 45.7 Å². The van der Waals surface area contributed by atoms with Crippen LogP contribution in [0.3, 0.4) is 0 Å². The Morgan fingerprint density at radius 1 is 1.18 bits per heavy atom. The zero-order valence-electron chi connectivity index (χ0n) is 22.4. The van der Waals surface area contributed by atoms with Gasteiger partial charge < -0.3 is 28.8 Å². The molecule has 3 aromatic rings. The van der Waals surface area contributed by atoms with Crippen molar-refractivity contribution in [3.8, 4) is 17.3 Å². The number of aliphatic hydroxyl groups excluding tert-OH is 1. The predicted molar refractivity (Wildman–Crippen MR) is 162 cm³/mol. The molecule has 212 valence electrons. The molecule has 2 aliphatic rings. The van der Waals surface area contributed by atoms with E-state index in [-0.39, 0.29) is 26.0 Å². The van der Waals surface area contributed by atoms with E-state index in [2.05, 4.69) is 36.1 Å². The minimum atomic E-state index is -1.89. The van der Waals surface area contributed by atoms with E-state index in [1.165, 1.54) is 0 Å². The molecule has 13 heteroatoms. The normalized spacial score (nSPS) is 23.3. The lowest BCUT2D eigenvalue weighted by molar-refractivity contribution is 0.00336. The number of nitrogens with two attached hydrogens (primary N) is 1. The SMILES string of the molecule is C=S(=C)(N)Nc1ccc(-c2nc3c(cc2Cl)nc(O[C@@H]2CO[C@H]4[C@@H]2OC[C@H]4O)n3COCC[Si](C)(C)C)cc1. The fraction of sp³-hybridized carbons (Fsp3) is 0.462. The van der Waals surface area contributed by atoms with Crippen LogP contribution in [-0.4, -0.2) is 83.7 Å². The topological polar surface area (TPSA) is 126 Å². The summed E-state index contributed by atoms with van der Waals surface area (Å²) in [5.74, 6) is 7.71. The highest BCUT2D eigenvalue weighted by Crippen LogP contribution is 2.34. The number of fused-ring (bicyclic) bond motifs is 2. The Morgan fingerprint density at radius 2 is 1.90 bits per heavy atom. The van der Waals surface area contributed by atoms with Crippen LogP contribution in [0, 0.1) is 0 Å². The molecular formula is C26H36ClN5O5SSi. The highest BCUT2D eigenvalue weighted by molar-refractivity contribution is 8.26. The van der Waals surface area contributed by atoms with Crippen LogP contribution in [0.5, 0.6) is 6.01 Å². The van der Waals surface area contributed by atoms with Gasteiger partial charge in [-0.15, -0.1) is 0 Å². The van der Waals surface area contributed by atoms with Gasteiger partial charge in [0.1, 0.15) is 30.6 Å². The summed E-state index contributed by atoms with van der Waals surface area (Å²) < 4.78 is 28.8. The highest BCUT2D eigenvalue weighted by Gasteiger charge is 2.49. The Morgan fingerprint density at radius 3 is 2.59 bits per heavy atom. The summed E-state index contributed by atoms with van der Waals surface area (Å²) in [4.78, 5) is 9.60. The molecule has 0 spiro atoms. The predicted octanol–water partition coefficient (Wildman–Crippen LogP) is 3.84. The van der Waals surface area contributed by atoms with Crippen LogP contribution in [-0.2, 0) is 20.9 Å². The third kappa shape index (κ3) is 6.60. The van der Waals surface area contributed by atoms with Crippen LogP contribution in [0.1, 0.15) is 0 Å². The van der Waals surface area contributed by atoms with Crippen LogP contribution in [0.25, 0.3) is 22.4 Å². The number of hydrogen-bond acceptors (Lipinski definition) is 9. The van der Waals surface area contributed by atoms with Crippen molar-refractivity contribution in [3.63, 3.8) is 0 Å². The van der Waals surface area contributed by atoms with E-state index in [9.17, 15) is 5.11 Å². The molecule has 2 saturated heterocycles. The molecule has 0 saturated carbocycles. The lowest BCUT2D eigenvalue weighted by atomic mass is 10.1. The van der Waals surface area contributed by atoms with E-state index < -0.39 is 36.0 Å². The van der Waals surface area contributed by atoms with Crippen molar-refractivity contribution < 1.29 is 24.1 Å². The summed E-state index contributed by atoms with van der Waals surface area (Å²) in [5, 5.41) is 16.5. The number of pyridine rings is 1. The number of benzene rings is 1. The van der Waals surface area contributed by atoms with Gasteiger partial charge in [-0.05, 0) is 36.0 Å². The zero-order valence-corrected chi connectivity index (χ0v) is 25.0. The number of ether oxygens (including phenoxy) is 4. The van der Waals surface area contributed by atoms with E-state index in [0.29, 0.717) is 34.5 Å². The van der Waals surface area contributed by atoms with Crippen LogP contribution in [0.15, 0.2) is 30.3 Å². The van der Waals surface area contributed by atoms with Gasteiger partial charge in [-0.25, -0.2) is 4.98 Å². The molecule has 0 radical (unpaired) electrons. The number of aliphatic hydroxyl groups is 1. The summed E-state index contributed by atoms with van der Waals surface area (Å²) in [6.07, 6.45) is -1.86. The number of nitrogens with zero attached hydrogens (tertiary/aromatic N) is 3. The van der Waals surface area contributed by atoms with Gasteiger partial charge in [-0.1, -0.05) is 53.0 Å². The quantitative estimate of drug-likeness (QED) is 0.183. The molecule has 10 nitrogen and oxygen atoms in total. The molecule has 0 amide bonds. The Labute approximate surface area is 235 Å². The first-order chi connectivity index (χ1) is 18.4. The molecule has 4 N–H and O–H groups in total. The fourth-order valence-electron chi connectivity index (χ4n) is 4.56. The first kappa shape index (κ1) is 28.4. The molecule has 0 aliphatic carbocycles. The van der Waals surface area contributed by atoms with E-state index in [1.807, 2.05) is 28.8 Å². The van der Waals surface area contributed by atoms with E-state index >= 15 is 0 Å². The lowest BCUT2D eigenvalue weighted by Gasteiger charge is -2.19. The van der Waals surface area contributed by atoms with Gasteiger partial charge in [-0.2, -0.15) is 4.98 Å². The fourth-order valence-corrected chi connectivity index (χ4v) is 6.18. The molecule has 39 heavy (non-hydrogen) atoms. The van der Waals surface area contributed by atoms with Crippen molar-refractivity contribution in [1.82, 2.24) is 14.5 Å². The first-order valence-electron chi connectivity index (χ1n) is 12.8. The van der Waals surface area contributed by atoms with Gasteiger partial charge in [0.2, 0.25) is 0 Å². The van der Waals surface area contributed by atoms with Gasteiger partial charge in [-0.3, -0.25) is 9.71 Å². The summed E-state index contributed by atoms with van der Waals surface area (Å²) >= 11 is 6.68. The molecule has 1 aromatic carbocycles. The van der Waals surface area contributed by atoms with Crippen molar-refractivity contribution in [2.75, 3.05) is 24.5 Å². The van der Waals surface area contributed by atoms with Crippen LogP contribution < -0.4 is 14.6 Å². The summed E-state index contributed by atoms with van der Waals surface area (Å²) in [6, 6.07) is 10.7. The smallest absolute Gasteiger partial charge is 0.301 e. The number of nitrogens with one attached hydrogen (secondary N) is 1. The Kier molecular flexibility index (Phi) is 8.01. The van der Waals surface area contributed by atoms with Gasteiger partial charge in [0.05, 0.1) is 23.9 Å². The largest absolute Gasteiger partial charge is 0.456 e. The number of rotatable bonds is 10. The van der Waals surface area contributed by atoms with Crippen molar-refractivity contribution in [3.05, 3.63) is 35.4 Å². The number of hydrogen-bond donors (Lipinski definition) is 3. The summed E-state index contributed by atoms with van der Waals surface area (Å²) in [6.45, 7) is 8.28. The standard InChI is InChI=1S/C26H36ClN5O5SSi/c1-38(2,28)31-17-8-6-16(7-9-17)22-18(27)12-19-25(30-22)32(15-34-10-11-39(3,4)5)26(29-19)37-21-14-36-23-20(33)13-35-24(21)23/h6-9,12,20-21,23-24,31,33H,1-2,10-11,13-15,28H2,3-5H3/t20-,21-,23-,24-/m1/s1. The van der Waals surface area contributed by atoms with E-state index in [1.54, 1.807) is 6.07 Å². The summed E-state index contributed by atoms with van der Waals surface area (Å²) in [5.41, 5.74) is 3.41. The van der Waals surface area contributed by atoms with Crippen molar-refractivity contribution in [2.24, 2.45) is 5.14 Å². The summed E-state index contributed by atoms with van der Waals surface area (Å²) in [7, 11) is -3.16. The Bertz CT molecular complexity index is 1440. The molecule has 4 heterocycles. The van der Waals surface area contributed by atoms with Gasteiger partial charge in [0.15, 0.2) is 11.8 Å². The molecule has 0 bridgehead atoms. The van der Waals surface area contributed by atoms with Crippen molar-refractivity contribution >= 4 is 57.8 Å². The maximum absolute atomic E-state index is 10.1. The van der Waals surface area contributed by atoms with E-state index in [0.717, 1.165) is 17.3 Å².